The van der Waals surface area contributed by atoms with E-state index in [0.29, 0.717) is 0 Å². The van der Waals surface area contributed by atoms with Gasteiger partial charge in [0, 0.05) is 39.8 Å². The van der Waals surface area contributed by atoms with Crippen LogP contribution in [0.2, 0.25) is 0 Å². The number of halogens is 1. The van der Waals surface area contributed by atoms with E-state index in [1.54, 1.807) is 18.4 Å². The van der Waals surface area contributed by atoms with Gasteiger partial charge in [0.25, 0.3) is 0 Å². The van der Waals surface area contributed by atoms with E-state index in [9.17, 15) is 0 Å². The minimum atomic E-state index is 0. The second kappa shape index (κ2) is 10.0. The van der Waals surface area contributed by atoms with Crippen LogP contribution in [-0.4, -0.2) is 51.2 Å². The highest BCUT2D eigenvalue weighted by Gasteiger charge is 2.20. The molecule has 7 heteroatoms. The van der Waals surface area contributed by atoms with Crippen molar-refractivity contribution in [2.45, 2.75) is 13.5 Å². The molecule has 0 unspecified atom stereocenters. The van der Waals surface area contributed by atoms with Crippen molar-refractivity contribution in [2.75, 3.05) is 45.2 Å². The molecule has 1 N–H and O–H groups in total. The van der Waals surface area contributed by atoms with E-state index in [1.807, 2.05) is 13.1 Å². The fraction of sp³-hybridized carbons (Fsp3) is 0.421. The van der Waals surface area contributed by atoms with Crippen LogP contribution in [0.3, 0.4) is 0 Å². The van der Waals surface area contributed by atoms with Crippen LogP contribution in [0.25, 0.3) is 0 Å². The van der Waals surface area contributed by atoms with Crippen molar-refractivity contribution in [1.82, 2.24) is 10.2 Å². The molecule has 2 aromatic rings. The normalized spacial score (nSPS) is 14.8. The standard InChI is InChI=1S/C19H26N4OS.HI/c1-15-11-16(13-17(12-15)24-3)14-21-19(20-2)23-8-6-22(7-9-23)18-5-4-10-25-18;/h4-5,10-13H,6-9,14H2,1-3H3,(H,20,21);1H. The third-order valence-electron chi connectivity index (χ3n) is 4.41. The Kier molecular flexibility index (Phi) is 8.02. The minimum absolute atomic E-state index is 0. The van der Waals surface area contributed by atoms with Crippen LogP contribution in [0, 0.1) is 6.92 Å². The maximum atomic E-state index is 5.36. The van der Waals surface area contributed by atoms with Gasteiger partial charge in [-0.25, -0.2) is 0 Å². The highest BCUT2D eigenvalue weighted by atomic mass is 127. The molecule has 1 fully saturated rings. The van der Waals surface area contributed by atoms with Gasteiger partial charge in [0.05, 0.1) is 12.1 Å². The molecule has 0 amide bonds. The molecule has 0 spiro atoms. The van der Waals surface area contributed by atoms with Crippen molar-refractivity contribution in [2.24, 2.45) is 4.99 Å². The van der Waals surface area contributed by atoms with Crippen molar-refractivity contribution in [3.05, 3.63) is 46.8 Å². The number of nitrogens with one attached hydrogen (secondary N) is 1. The number of ether oxygens (including phenoxy) is 1. The lowest BCUT2D eigenvalue weighted by Gasteiger charge is -2.37. The number of methoxy groups -OCH3 is 1. The number of thiophene rings is 1. The number of nitrogens with zero attached hydrogens (tertiary/aromatic N) is 3. The fourth-order valence-corrected chi connectivity index (χ4v) is 3.93. The molecule has 2 heterocycles. The number of hydrogen-bond donors (Lipinski definition) is 1. The lowest BCUT2D eigenvalue weighted by Crippen LogP contribution is -2.52. The second-order valence-corrected chi connectivity index (χ2v) is 7.11. The van der Waals surface area contributed by atoms with E-state index in [2.05, 4.69) is 56.7 Å². The van der Waals surface area contributed by atoms with Gasteiger partial charge in [-0.3, -0.25) is 4.99 Å². The SMILES string of the molecule is CN=C(NCc1cc(C)cc(OC)c1)N1CCN(c2cccs2)CC1.I. The Morgan fingerprint density at radius 2 is 2.00 bits per heavy atom. The molecule has 0 radical (unpaired) electrons. The molecular weight excluding hydrogens is 459 g/mol. The first kappa shape index (κ1) is 20.8. The molecule has 142 valence electrons. The molecule has 0 aliphatic carbocycles. The van der Waals surface area contributed by atoms with Gasteiger partial charge in [0.15, 0.2) is 5.96 Å². The van der Waals surface area contributed by atoms with Gasteiger partial charge in [-0.2, -0.15) is 0 Å². The van der Waals surface area contributed by atoms with Crippen LogP contribution in [0.4, 0.5) is 5.00 Å². The molecule has 26 heavy (non-hydrogen) atoms. The Morgan fingerprint density at radius 3 is 2.62 bits per heavy atom. The average Bonchev–Trinajstić information content (AvgIpc) is 3.17. The molecule has 1 aromatic carbocycles. The number of rotatable bonds is 4. The second-order valence-electron chi connectivity index (χ2n) is 6.18. The van der Waals surface area contributed by atoms with Crippen LogP contribution in [0.5, 0.6) is 5.75 Å². The third kappa shape index (κ3) is 5.26. The van der Waals surface area contributed by atoms with E-state index in [0.717, 1.165) is 44.4 Å². The first-order valence-corrected chi connectivity index (χ1v) is 9.46. The number of anilines is 1. The zero-order valence-corrected chi connectivity index (χ0v) is 18.7. The fourth-order valence-electron chi connectivity index (χ4n) is 3.15. The molecule has 0 bridgehead atoms. The van der Waals surface area contributed by atoms with Crippen LogP contribution in [0.15, 0.2) is 40.7 Å². The van der Waals surface area contributed by atoms with Crippen molar-refractivity contribution >= 4 is 46.3 Å². The quantitative estimate of drug-likeness (QED) is 0.408. The molecule has 1 aliphatic rings. The Balaban J connectivity index is 0.00000243. The summed E-state index contributed by atoms with van der Waals surface area (Å²) in [5, 5.41) is 6.98. The van der Waals surface area contributed by atoms with Crippen LogP contribution in [0.1, 0.15) is 11.1 Å². The minimum Gasteiger partial charge on any atom is -0.497 e. The lowest BCUT2D eigenvalue weighted by molar-refractivity contribution is 0.373. The van der Waals surface area contributed by atoms with Crippen molar-refractivity contribution in [1.29, 1.82) is 0 Å². The Bertz CT molecular complexity index is 712. The monoisotopic (exact) mass is 486 g/mol. The van der Waals surface area contributed by atoms with Gasteiger partial charge >= 0.3 is 0 Å². The first-order valence-electron chi connectivity index (χ1n) is 8.58. The van der Waals surface area contributed by atoms with Crippen molar-refractivity contribution < 1.29 is 4.74 Å². The molecular formula is C19H27IN4OS. The molecule has 1 aliphatic heterocycles. The molecule has 3 rings (SSSR count). The van der Waals surface area contributed by atoms with Crippen LogP contribution < -0.4 is 15.0 Å². The highest BCUT2D eigenvalue weighted by molar-refractivity contribution is 14.0. The third-order valence-corrected chi connectivity index (χ3v) is 5.33. The van der Waals surface area contributed by atoms with E-state index in [4.69, 9.17) is 4.74 Å². The predicted molar refractivity (Wildman–Crippen MR) is 121 cm³/mol. The Morgan fingerprint density at radius 1 is 1.23 bits per heavy atom. The van der Waals surface area contributed by atoms with Crippen molar-refractivity contribution in [3.8, 4) is 5.75 Å². The summed E-state index contributed by atoms with van der Waals surface area (Å²) in [5.41, 5.74) is 2.41. The molecule has 0 atom stereocenters. The van der Waals surface area contributed by atoms with E-state index in [-0.39, 0.29) is 24.0 Å². The average molecular weight is 486 g/mol. The van der Waals surface area contributed by atoms with Gasteiger partial charge in [0.1, 0.15) is 5.75 Å². The van der Waals surface area contributed by atoms with Gasteiger partial charge in [0.2, 0.25) is 0 Å². The summed E-state index contributed by atoms with van der Waals surface area (Å²) in [4.78, 5) is 9.24. The smallest absolute Gasteiger partial charge is 0.194 e. The Hall–Kier alpha value is -1.48. The van der Waals surface area contributed by atoms with Crippen LogP contribution in [-0.2, 0) is 6.54 Å². The largest absolute Gasteiger partial charge is 0.497 e. The summed E-state index contributed by atoms with van der Waals surface area (Å²) >= 11 is 1.81. The van der Waals surface area contributed by atoms with Crippen molar-refractivity contribution in [3.63, 3.8) is 0 Å². The number of benzene rings is 1. The lowest BCUT2D eigenvalue weighted by atomic mass is 10.1. The summed E-state index contributed by atoms with van der Waals surface area (Å²) in [6, 6.07) is 10.6. The molecule has 0 saturated carbocycles. The summed E-state index contributed by atoms with van der Waals surface area (Å²) < 4.78 is 5.36. The van der Waals surface area contributed by atoms with Gasteiger partial charge in [-0.15, -0.1) is 35.3 Å². The number of guanidine groups is 1. The maximum absolute atomic E-state index is 5.36. The number of aryl methyl sites for hydroxylation is 1. The first-order chi connectivity index (χ1) is 12.2. The zero-order valence-electron chi connectivity index (χ0n) is 15.6. The van der Waals surface area contributed by atoms with E-state index in [1.165, 1.54) is 16.1 Å². The molecule has 5 nitrogen and oxygen atoms in total. The summed E-state index contributed by atoms with van der Waals surface area (Å²) in [6.45, 7) is 6.85. The van der Waals surface area contributed by atoms with Gasteiger partial charge in [-0.1, -0.05) is 6.07 Å². The topological polar surface area (TPSA) is 40.1 Å². The van der Waals surface area contributed by atoms with E-state index >= 15 is 0 Å². The number of aliphatic imine (C=N–C) groups is 1. The Labute approximate surface area is 177 Å². The molecule has 1 saturated heterocycles. The van der Waals surface area contributed by atoms with Gasteiger partial charge < -0.3 is 19.9 Å². The zero-order chi connectivity index (χ0) is 17.6. The summed E-state index contributed by atoms with van der Waals surface area (Å²) in [6.07, 6.45) is 0. The van der Waals surface area contributed by atoms with E-state index < -0.39 is 0 Å². The number of piperazine rings is 1. The summed E-state index contributed by atoms with van der Waals surface area (Å²) in [5.74, 6) is 1.86. The predicted octanol–water partition coefficient (Wildman–Crippen LogP) is 3.58. The number of hydrogen-bond acceptors (Lipinski definition) is 4. The van der Waals surface area contributed by atoms with Crippen LogP contribution >= 0.6 is 35.3 Å². The molecule has 1 aromatic heterocycles. The summed E-state index contributed by atoms with van der Waals surface area (Å²) in [7, 11) is 3.56. The highest BCUT2D eigenvalue weighted by Crippen LogP contribution is 2.22. The maximum Gasteiger partial charge on any atom is 0.194 e. The van der Waals surface area contributed by atoms with Gasteiger partial charge in [-0.05, 0) is 47.7 Å².